The summed E-state index contributed by atoms with van der Waals surface area (Å²) in [4.78, 5) is 12.2. The number of aromatic nitrogens is 2. The van der Waals surface area contributed by atoms with Gasteiger partial charge >= 0.3 is 0 Å². The quantitative estimate of drug-likeness (QED) is 0.249. The van der Waals surface area contributed by atoms with Gasteiger partial charge in [-0.2, -0.15) is 9.13 Å². The van der Waals surface area contributed by atoms with Crippen molar-refractivity contribution in [3.8, 4) is 0 Å². The number of pyridine rings is 2. The minimum Gasteiger partial charge on any atom is -0.411 e. The van der Waals surface area contributed by atoms with E-state index in [9.17, 15) is 4.79 Å². The first-order valence-corrected chi connectivity index (χ1v) is 8.33. The van der Waals surface area contributed by atoms with E-state index in [-0.39, 0.29) is 5.78 Å². The molecule has 2 heterocycles. The summed E-state index contributed by atoms with van der Waals surface area (Å²) in [7, 11) is 0. The second kappa shape index (κ2) is 9.64. The van der Waals surface area contributed by atoms with Gasteiger partial charge in [-0.15, -0.1) is 5.16 Å². The SMILES string of the molecule is CC(C)CC(=O)c1ccc[n+](COC[n+]2ccccc2C/C=N/O)c1. The second-order valence-corrected chi connectivity index (χ2v) is 6.25. The normalized spacial score (nSPS) is 11.3. The number of ketones is 1. The van der Waals surface area contributed by atoms with E-state index >= 15 is 0 Å². The molecule has 2 aromatic heterocycles. The molecular formula is C19H25N3O3+2. The van der Waals surface area contributed by atoms with E-state index in [1.54, 1.807) is 0 Å². The Hall–Kier alpha value is -2.60. The highest BCUT2D eigenvalue weighted by Gasteiger charge is 2.13. The van der Waals surface area contributed by atoms with Gasteiger partial charge in [-0.25, -0.2) is 0 Å². The van der Waals surface area contributed by atoms with Crippen LogP contribution in [0.4, 0.5) is 0 Å². The molecule has 0 atom stereocenters. The van der Waals surface area contributed by atoms with Gasteiger partial charge in [-0.1, -0.05) is 19.9 Å². The highest BCUT2D eigenvalue weighted by Crippen LogP contribution is 2.07. The van der Waals surface area contributed by atoms with E-state index in [1.807, 2.05) is 71.9 Å². The maximum Gasteiger partial charge on any atom is 0.258 e. The fourth-order valence-electron chi connectivity index (χ4n) is 2.46. The summed E-state index contributed by atoms with van der Waals surface area (Å²) in [6.07, 6.45) is 8.10. The average Bonchev–Trinajstić information content (AvgIpc) is 2.60. The molecule has 0 aromatic carbocycles. The van der Waals surface area contributed by atoms with Crippen molar-refractivity contribution in [1.29, 1.82) is 0 Å². The highest BCUT2D eigenvalue weighted by atomic mass is 16.5. The first kappa shape index (κ1) is 18.7. The van der Waals surface area contributed by atoms with Gasteiger partial charge in [0.1, 0.15) is 0 Å². The number of carbonyl (C=O) groups excluding carboxylic acids is 1. The molecule has 0 amide bonds. The summed E-state index contributed by atoms with van der Waals surface area (Å²) in [6, 6.07) is 9.48. The van der Waals surface area contributed by atoms with Crippen LogP contribution in [0, 0.1) is 5.92 Å². The third-order valence-corrected chi connectivity index (χ3v) is 3.66. The molecule has 1 N–H and O–H groups in total. The summed E-state index contributed by atoms with van der Waals surface area (Å²) in [5.74, 6) is 0.486. The monoisotopic (exact) mass is 343 g/mol. The topological polar surface area (TPSA) is 66.7 Å². The number of nitrogens with zero attached hydrogens (tertiary/aromatic N) is 3. The maximum absolute atomic E-state index is 12.2. The summed E-state index contributed by atoms with van der Waals surface area (Å²) < 4.78 is 9.54. The van der Waals surface area contributed by atoms with Crippen LogP contribution >= 0.6 is 0 Å². The minimum atomic E-state index is 0.146. The van der Waals surface area contributed by atoms with Gasteiger partial charge in [0.25, 0.3) is 13.5 Å². The van der Waals surface area contributed by atoms with E-state index in [0.29, 0.717) is 37.8 Å². The molecule has 0 spiro atoms. The number of ether oxygens (including phenoxy) is 1. The van der Waals surface area contributed by atoms with Crippen LogP contribution in [0.5, 0.6) is 0 Å². The van der Waals surface area contributed by atoms with E-state index < -0.39 is 0 Å². The van der Waals surface area contributed by atoms with Crippen LogP contribution in [0.25, 0.3) is 0 Å². The Balaban J connectivity index is 1.95. The van der Waals surface area contributed by atoms with Gasteiger partial charge in [-0.05, 0) is 12.0 Å². The lowest BCUT2D eigenvalue weighted by molar-refractivity contribution is -0.791. The maximum atomic E-state index is 12.2. The lowest BCUT2D eigenvalue weighted by Gasteiger charge is -2.04. The molecule has 0 radical (unpaired) electrons. The summed E-state index contributed by atoms with van der Waals surface area (Å²) in [5.41, 5.74) is 1.68. The van der Waals surface area contributed by atoms with Crippen molar-refractivity contribution >= 4 is 12.0 Å². The molecule has 6 heteroatoms. The molecule has 0 aliphatic rings. The fraction of sp³-hybridized carbons (Fsp3) is 0.368. The first-order valence-electron chi connectivity index (χ1n) is 8.33. The minimum absolute atomic E-state index is 0.146. The number of hydrogen-bond donors (Lipinski definition) is 1. The fourth-order valence-corrected chi connectivity index (χ4v) is 2.46. The molecule has 6 nitrogen and oxygen atoms in total. The number of carbonyl (C=O) groups is 1. The predicted octanol–water partition coefficient (Wildman–Crippen LogP) is 2.12. The summed E-state index contributed by atoms with van der Waals surface area (Å²) >= 11 is 0. The molecule has 0 unspecified atom stereocenters. The molecule has 0 aliphatic carbocycles. The van der Waals surface area contributed by atoms with Gasteiger partial charge in [0.2, 0.25) is 0 Å². The predicted molar refractivity (Wildman–Crippen MR) is 92.1 cm³/mol. The van der Waals surface area contributed by atoms with Crippen LogP contribution in [0.15, 0.2) is 54.1 Å². The lowest BCUT2D eigenvalue weighted by atomic mass is 10.0. The molecule has 0 saturated carbocycles. The Bertz CT molecular complexity index is 729. The zero-order valence-corrected chi connectivity index (χ0v) is 14.7. The molecule has 0 fully saturated rings. The summed E-state index contributed by atoms with van der Waals surface area (Å²) in [6.45, 7) is 4.78. The van der Waals surface area contributed by atoms with Crippen molar-refractivity contribution in [2.75, 3.05) is 0 Å². The Kier molecular flexibility index (Phi) is 7.22. The van der Waals surface area contributed by atoms with Crippen molar-refractivity contribution in [2.24, 2.45) is 11.1 Å². The van der Waals surface area contributed by atoms with Crippen molar-refractivity contribution in [3.05, 3.63) is 60.2 Å². The molecule has 0 aliphatic heterocycles. The standard InChI is InChI=1S/C19H24N3O3/c1-16(2)12-19(23)17-6-5-10-21(13-17)14-25-15-22-11-4-3-7-18(22)8-9-20-24/h3-7,9-11,13,16H,8,12,14-15H2,1-2H3/q+1/p+1/b20-9+. The van der Waals surface area contributed by atoms with Crippen LogP contribution in [0.3, 0.4) is 0 Å². The van der Waals surface area contributed by atoms with Crippen LogP contribution in [-0.4, -0.2) is 17.2 Å². The largest absolute Gasteiger partial charge is 0.411 e. The van der Waals surface area contributed by atoms with Crippen LogP contribution in [0.2, 0.25) is 0 Å². The highest BCUT2D eigenvalue weighted by molar-refractivity contribution is 5.95. The second-order valence-electron chi connectivity index (χ2n) is 6.25. The van der Waals surface area contributed by atoms with Crippen LogP contribution in [-0.2, 0) is 24.6 Å². The van der Waals surface area contributed by atoms with Crippen molar-refractivity contribution in [2.45, 2.75) is 40.2 Å². The van der Waals surface area contributed by atoms with Crippen molar-refractivity contribution in [3.63, 3.8) is 0 Å². The Morgan fingerprint density at radius 3 is 2.84 bits per heavy atom. The smallest absolute Gasteiger partial charge is 0.258 e. The third kappa shape index (κ3) is 6.08. The van der Waals surface area contributed by atoms with Gasteiger partial charge in [-0.3, -0.25) is 9.53 Å². The molecular weight excluding hydrogens is 318 g/mol. The first-order chi connectivity index (χ1) is 12.1. The van der Waals surface area contributed by atoms with Gasteiger partial charge in [0.05, 0.1) is 18.2 Å². The molecule has 132 valence electrons. The number of Topliss-reactive ketones (excluding diaryl/α,β-unsaturated/α-hetero) is 1. The Morgan fingerprint density at radius 2 is 2.08 bits per heavy atom. The molecule has 2 aromatic rings. The van der Waals surface area contributed by atoms with Crippen molar-refractivity contribution in [1.82, 2.24) is 0 Å². The number of oxime groups is 1. The number of rotatable bonds is 9. The third-order valence-electron chi connectivity index (χ3n) is 3.66. The van der Waals surface area contributed by atoms with E-state index in [2.05, 4.69) is 5.16 Å². The molecule has 0 saturated heterocycles. The molecule has 0 bridgehead atoms. The van der Waals surface area contributed by atoms with E-state index in [1.165, 1.54) is 6.21 Å². The summed E-state index contributed by atoms with van der Waals surface area (Å²) in [5, 5.41) is 11.6. The molecule has 2 rings (SSSR count). The Morgan fingerprint density at radius 1 is 1.24 bits per heavy atom. The zero-order valence-electron chi connectivity index (χ0n) is 14.7. The van der Waals surface area contributed by atoms with E-state index in [0.717, 1.165) is 5.69 Å². The van der Waals surface area contributed by atoms with Gasteiger partial charge in [0, 0.05) is 24.6 Å². The van der Waals surface area contributed by atoms with Crippen molar-refractivity contribution < 1.29 is 23.9 Å². The number of hydrogen-bond acceptors (Lipinski definition) is 4. The van der Waals surface area contributed by atoms with E-state index in [4.69, 9.17) is 9.94 Å². The average molecular weight is 343 g/mol. The van der Waals surface area contributed by atoms with Gasteiger partial charge in [0.15, 0.2) is 30.1 Å². The molecule has 25 heavy (non-hydrogen) atoms. The lowest BCUT2D eigenvalue weighted by Crippen LogP contribution is -2.43. The Labute approximate surface area is 148 Å². The zero-order chi connectivity index (χ0) is 18.1. The van der Waals surface area contributed by atoms with Crippen LogP contribution < -0.4 is 9.13 Å². The van der Waals surface area contributed by atoms with Gasteiger partial charge < -0.3 is 5.21 Å². The van der Waals surface area contributed by atoms with Crippen LogP contribution in [0.1, 0.15) is 36.3 Å².